The van der Waals surface area contributed by atoms with Crippen LogP contribution in [0.4, 0.5) is 10.5 Å². The molecule has 0 bridgehead atoms. The monoisotopic (exact) mass is 288 g/mol. The number of urea groups is 1. The SMILES string of the molecule is Nc1cccc(C(=O)N2CCCC3(C2)NC(=O)NC3=O)c1. The Kier molecular flexibility index (Phi) is 3.04. The second-order valence-corrected chi connectivity index (χ2v) is 5.45. The first-order valence-corrected chi connectivity index (χ1v) is 6.79. The van der Waals surface area contributed by atoms with Crippen LogP contribution >= 0.6 is 0 Å². The van der Waals surface area contributed by atoms with E-state index >= 15 is 0 Å². The summed E-state index contributed by atoms with van der Waals surface area (Å²) in [5, 5.41) is 4.89. The lowest BCUT2D eigenvalue weighted by molar-refractivity contribution is -0.125. The van der Waals surface area contributed by atoms with Gasteiger partial charge in [-0.1, -0.05) is 6.07 Å². The number of likely N-dealkylation sites (tertiary alicyclic amines) is 1. The van der Waals surface area contributed by atoms with Gasteiger partial charge in [-0.25, -0.2) is 4.79 Å². The number of carbonyl (C=O) groups is 3. The fourth-order valence-corrected chi connectivity index (χ4v) is 2.90. The third-order valence-electron chi connectivity index (χ3n) is 3.93. The van der Waals surface area contributed by atoms with Crippen molar-refractivity contribution in [1.29, 1.82) is 0 Å². The highest BCUT2D eigenvalue weighted by molar-refractivity contribution is 6.07. The number of hydrogen-bond acceptors (Lipinski definition) is 4. The predicted octanol–water partition coefficient (Wildman–Crippen LogP) is 0.0830. The molecule has 4 amide bonds. The van der Waals surface area contributed by atoms with Crippen LogP contribution < -0.4 is 16.4 Å². The van der Waals surface area contributed by atoms with E-state index in [1.165, 1.54) is 0 Å². The fraction of sp³-hybridized carbons (Fsp3) is 0.357. The van der Waals surface area contributed by atoms with Crippen molar-refractivity contribution in [3.8, 4) is 0 Å². The van der Waals surface area contributed by atoms with Gasteiger partial charge >= 0.3 is 6.03 Å². The predicted molar refractivity (Wildman–Crippen MR) is 75.4 cm³/mol. The quantitative estimate of drug-likeness (QED) is 0.503. The Balaban J connectivity index is 1.82. The summed E-state index contributed by atoms with van der Waals surface area (Å²) in [7, 11) is 0. The van der Waals surface area contributed by atoms with Crippen molar-refractivity contribution in [1.82, 2.24) is 15.5 Å². The Morgan fingerprint density at radius 2 is 2.14 bits per heavy atom. The highest BCUT2D eigenvalue weighted by Gasteiger charge is 2.49. The van der Waals surface area contributed by atoms with Gasteiger partial charge in [0.2, 0.25) is 0 Å². The maximum atomic E-state index is 12.5. The maximum absolute atomic E-state index is 12.5. The summed E-state index contributed by atoms with van der Waals surface area (Å²) in [6.07, 6.45) is 1.19. The standard InChI is InChI=1S/C14H16N4O3/c15-10-4-1-3-9(7-10)11(19)18-6-2-5-14(8-18)12(20)16-13(21)17-14/h1,3-4,7H,2,5-6,8,15H2,(H2,16,17,20,21). The van der Waals surface area contributed by atoms with Crippen LogP contribution in [0.25, 0.3) is 0 Å². The van der Waals surface area contributed by atoms with E-state index in [9.17, 15) is 14.4 Å². The molecule has 4 N–H and O–H groups in total. The molecular formula is C14H16N4O3. The summed E-state index contributed by atoms with van der Waals surface area (Å²) < 4.78 is 0. The lowest BCUT2D eigenvalue weighted by Gasteiger charge is -2.38. The molecule has 1 aromatic rings. The molecule has 0 aromatic heterocycles. The summed E-state index contributed by atoms with van der Waals surface area (Å²) in [5.41, 5.74) is 5.69. The van der Waals surface area contributed by atoms with Crippen molar-refractivity contribution in [2.24, 2.45) is 0 Å². The zero-order valence-electron chi connectivity index (χ0n) is 11.4. The van der Waals surface area contributed by atoms with Gasteiger partial charge in [-0.05, 0) is 31.0 Å². The third kappa shape index (κ3) is 2.31. The van der Waals surface area contributed by atoms with E-state index in [0.717, 1.165) is 0 Å². The van der Waals surface area contributed by atoms with Gasteiger partial charge in [0.05, 0.1) is 6.54 Å². The van der Waals surface area contributed by atoms with Gasteiger partial charge in [-0.3, -0.25) is 14.9 Å². The summed E-state index contributed by atoms with van der Waals surface area (Å²) >= 11 is 0. The summed E-state index contributed by atoms with van der Waals surface area (Å²) in [6.45, 7) is 0.733. The smallest absolute Gasteiger partial charge is 0.322 e. The lowest BCUT2D eigenvalue weighted by Crippen LogP contribution is -2.59. The number of imide groups is 1. The van der Waals surface area contributed by atoms with E-state index in [2.05, 4.69) is 10.6 Å². The molecule has 2 fully saturated rings. The number of benzene rings is 1. The molecule has 1 spiro atoms. The number of rotatable bonds is 1. The number of nitrogens with zero attached hydrogens (tertiary/aromatic N) is 1. The number of nitrogens with one attached hydrogen (secondary N) is 2. The van der Waals surface area contributed by atoms with Gasteiger partial charge in [0, 0.05) is 17.8 Å². The average Bonchev–Trinajstić information content (AvgIpc) is 2.72. The molecule has 2 heterocycles. The van der Waals surface area contributed by atoms with Gasteiger partial charge < -0.3 is 16.0 Å². The number of amides is 4. The van der Waals surface area contributed by atoms with Gasteiger partial charge in [0.15, 0.2) is 0 Å². The molecule has 2 saturated heterocycles. The second-order valence-electron chi connectivity index (χ2n) is 5.45. The largest absolute Gasteiger partial charge is 0.399 e. The van der Waals surface area contributed by atoms with Crippen LogP contribution in [0.5, 0.6) is 0 Å². The topological polar surface area (TPSA) is 105 Å². The van der Waals surface area contributed by atoms with Gasteiger partial charge in [0.25, 0.3) is 11.8 Å². The fourth-order valence-electron chi connectivity index (χ4n) is 2.90. The number of carbonyl (C=O) groups excluding carboxylic acids is 3. The zero-order valence-corrected chi connectivity index (χ0v) is 11.4. The molecule has 1 unspecified atom stereocenters. The van der Waals surface area contributed by atoms with Gasteiger partial charge in [-0.2, -0.15) is 0 Å². The van der Waals surface area contributed by atoms with E-state index in [1.54, 1.807) is 29.2 Å². The van der Waals surface area contributed by atoms with Crippen LogP contribution in [0.3, 0.4) is 0 Å². The molecule has 2 aliphatic rings. The highest BCUT2D eigenvalue weighted by Crippen LogP contribution is 2.25. The summed E-state index contributed by atoms with van der Waals surface area (Å²) in [6, 6.07) is 6.22. The molecule has 0 radical (unpaired) electrons. The minimum absolute atomic E-state index is 0.179. The van der Waals surface area contributed by atoms with E-state index < -0.39 is 11.6 Å². The van der Waals surface area contributed by atoms with E-state index in [1.807, 2.05) is 0 Å². The Bertz CT molecular complexity index is 630. The molecule has 0 saturated carbocycles. The van der Waals surface area contributed by atoms with Crippen LogP contribution in [0.1, 0.15) is 23.2 Å². The van der Waals surface area contributed by atoms with Crippen LogP contribution in [-0.4, -0.2) is 41.4 Å². The Labute approximate surface area is 121 Å². The van der Waals surface area contributed by atoms with Crippen molar-refractivity contribution in [2.45, 2.75) is 18.4 Å². The van der Waals surface area contributed by atoms with Crippen LogP contribution in [0.2, 0.25) is 0 Å². The van der Waals surface area contributed by atoms with Crippen molar-refractivity contribution < 1.29 is 14.4 Å². The molecule has 7 nitrogen and oxygen atoms in total. The van der Waals surface area contributed by atoms with Crippen molar-refractivity contribution in [3.63, 3.8) is 0 Å². The van der Waals surface area contributed by atoms with E-state index in [0.29, 0.717) is 30.6 Å². The van der Waals surface area contributed by atoms with E-state index in [-0.39, 0.29) is 18.4 Å². The minimum atomic E-state index is -0.995. The number of nitrogen functional groups attached to an aromatic ring is 1. The lowest BCUT2D eigenvalue weighted by atomic mass is 9.89. The molecule has 3 rings (SSSR count). The van der Waals surface area contributed by atoms with Crippen molar-refractivity contribution in [2.75, 3.05) is 18.8 Å². The molecule has 1 atom stereocenters. The molecule has 2 aliphatic heterocycles. The number of piperidine rings is 1. The normalized spacial score (nSPS) is 24.9. The molecule has 0 aliphatic carbocycles. The first-order valence-electron chi connectivity index (χ1n) is 6.79. The third-order valence-corrected chi connectivity index (χ3v) is 3.93. The maximum Gasteiger partial charge on any atom is 0.322 e. The number of anilines is 1. The molecule has 110 valence electrons. The minimum Gasteiger partial charge on any atom is -0.399 e. The van der Waals surface area contributed by atoms with Gasteiger partial charge in [-0.15, -0.1) is 0 Å². The Hall–Kier alpha value is -2.57. The highest BCUT2D eigenvalue weighted by atomic mass is 16.2. The van der Waals surface area contributed by atoms with Crippen LogP contribution in [0.15, 0.2) is 24.3 Å². The average molecular weight is 288 g/mol. The number of nitrogens with two attached hydrogens (primary N) is 1. The van der Waals surface area contributed by atoms with Crippen LogP contribution in [0, 0.1) is 0 Å². The zero-order chi connectivity index (χ0) is 15.0. The van der Waals surface area contributed by atoms with Crippen molar-refractivity contribution >= 4 is 23.5 Å². The molecule has 21 heavy (non-hydrogen) atoms. The molecule has 1 aromatic carbocycles. The Morgan fingerprint density at radius 1 is 1.33 bits per heavy atom. The summed E-state index contributed by atoms with van der Waals surface area (Å²) in [4.78, 5) is 37.4. The van der Waals surface area contributed by atoms with E-state index in [4.69, 9.17) is 5.73 Å². The first kappa shape index (κ1) is 13.4. The molecule has 7 heteroatoms. The first-order chi connectivity index (χ1) is 10.00. The van der Waals surface area contributed by atoms with Crippen LogP contribution in [-0.2, 0) is 4.79 Å². The molecular weight excluding hydrogens is 272 g/mol. The summed E-state index contributed by atoms with van der Waals surface area (Å²) in [5.74, 6) is -0.548. The van der Waals surface area contributed by atoms with Crippen molar-refractivity contribution in [3.05, 3.63) is 29.8 Å². The van der Waals surface area contributed by atoms with Gasteiger partial charge in [0.1, 0.15) is 5.54 Å². The second kappa shape index (κ2) is 4.76. The number of hydrogen-bond donors (Lipinski definition) is 3. The Morgan fingerprint density at radius 3 is 2.81 bits per heavy atom.